The van der Waals surface area contributed by atoms with E-state index in [1.54, 1.807) is 4.90 Å². The van der Waals surface area contributed by atoms with E-state index >= 15 is 0 Å². The van der Waals surface area contributed by atoms with Gasteiger partial charge in [0, 0.05) is 37.4 Å². The van der Waals surface area contributed by atoms with Crippen LogP contribution in [-0.4, -0.2) is 41.2 Å². The van der Waals surface area contributed by atoms with Crippen LogP contribution in [0.15, 0.2) is 97.1 Å². The molecular formula is C26H29N3O3S. The molecule has 0 fully saturated rings. The Morgan fingerprint density at radius 1 is 0.970 bits per heavy atom. The molecule has 1 amide bonds. The fourth-order valence-corrected chi connectivity index (χ4v) is 4.47. The van der Waals surface area contributed by atoms with E-state index in [9.17, 15) is 13.2 Å². The minimum absolute atomic E-state index is 0.0382. The molecule has 0 aliphatic heterocycles. The molecule has 1 aromatic heterocycles. The summed E-state index contributed by atoms with van der Waals surface area (Å²) in [7, 11) is -1.91. The van der Waals surface area contributed by atoms with Gasteiger partial charge in [0.15, 0.2) is 0 Å². The van der Waals surface area contributed by atoms with Crippen molar-refractivity contribution >= 4 is 22.0 Å². The molecule has 6 nitrogen and oxygen atoms in total. The first-order valence-corrected chi connectivity index (χ1v) is 12.2. The molecule has 7 heteroatoms. The molecule has 33 heavy (non-hydrogen) atoms. The van der Waals surface area contributed by atoms with Gasteiger partial charge in [0.1, 0.15) is 0 Å². The maximum Gasteiger partial charge on any atom is 0.238 e. The minimum atomic E-state index is -3.83. The molecule has 3 aromatic rings. The molecule has 0 saturated heterocycles. The largest absolute Gasteiger partial charge is 0.353 e. The summed E-state index contributed by atoms with van der Waals surface area (Å²) in [4.78, 5) is 15.0. The Kier molecular flexibility index (Phi) is 8.40. The Hall–Kier alpha value is -3.42. The van der Waals surface area contributed by atoms with Gasteiger partial charge in [-0.3, -0.25) is 4.79 Å². The molecule has 0 unspecified atom stereocenters. The molecule has 0 spiro atoms. The monoisotopic (exact) mass is 463 g/mol. The van der Waals surface area contributed by atoms with Crippen molar-refractivity contribution in [1.82, 2.24) is 13.8 Å². The molecule has 0 atom stereocenters. The summed E-state index contributed by atoms with van der Waals surface area (Å²) in [5, 5.41) is 1.14. The number of amides is 1. The van der Waals surface area contributed by atoms with Crippen LogP contribution in [0.4, 0.5) is 0 Å². The molecule has 172 valence electrons. The molecule has 0 saturated carbocycles. The Bertz CT molecular complexity index is 1190. The summed E-state index contributed by atoms with van der Waals surface area (Å²) < 4.78 is 29.1. The number of aryl methyl sites for hydroxylation is 1. The molecule has 1 heterocycles. The zero-order chi connectivity index (χ0) is 23.7. The van der Waals surface area contributed by atoms with E-state index in [4.69, 9.17) is 0 Å². The van der Waals surface area contributed by atoms with Gasteiger partial charge in [-0.1, -0.05) is 66.7 Å². The Labute approximate surface area is 196 Å². The first-order valence-electron chi connectivity index (χ1n) is 10.6. The lowest BCUT2D eigenvalue weighted by atomic mass is 10.2. The molecule has 0 aliphatic rings. The molecular weight excluding hydrogens is 434 g/mol. The third-order valence-corrected chi connectivity index (χ3v) is 6.69. The quantitative estimate of drug-likeness (QED) is 0.403. The molecule has 0 bridgehead atoms. The highest BCUT2D eigenvalue weighted by Gasteiger charge is 2.25. The van der Waals surface area contributed by atoms with Gasteiger partial charge in [0.05, 0.1) is 13.1 Å². The van der Waals surface area contributed by atoms with Crippen LogP contribution in [-0.2, 0) is 35.0 Å². The number of hydrogen-bond acceptors (Lipinski definition) is 3. The SMILES string of the molecule is C=CCN(CC(=O)N(Cc1ccccc1)Cc1cccn1C)S(=O)(=O)C=Cc1ccccc1. The molecule has 3 rings (SSSR count). The average molecular weight is 464 g/mol. The van der Waals surface area contributed by atoms with Crippen LogP contribution in [0.3, 0.4) is 0 Å². The summed E-state index contributed by atoms with van der Waals surface area (Å²) in [5.74, 6) is -0.279. The second-order valence-corrected chi connectivity index (χ2v) is 9.50. The summed E-state index contributed by atoms with van der Waals surface area (Å²) in [6, 6.07) is 22.7. The Morgan fingerprint density at radius 3 is 2.24 bits per heavy atom. The summed E-state index contributed by atoms with van der Waals surface area (Å²) in [6.07, 6.45) is 4.94. The van der Waals surface area contributed by atoms with Crippen LogP contribution in [0.5, 0.6) is 0 Å². The average Bonchev–Trinajstić information content (AvgIpc) is 3.22. The number of nitrogens with zero attached hydrogens (tertiary/aromatic N) is 3. The van der Waals surface area contributed by atoms with Gasteiger partial charge in [-0.05, 0) is 29.3 Å². The topological polar surface area (TPSA) is 62.6 Å². The molecule has 0 N–H and O–H groups in total. The third kappa shape index (κ3) is 7.03. The number of hydrogen-bond donors (Lipinski definition) is 0. The van der Waals surface area contributed by atoms with Crippen LogP contribution in [0, 0.1) is 0 Å². The van der Waals surface area contributed by atoms with E-state index in [1.807, 2.05) is 90.6 Å². The van der Waals surface area contributed by atoms with Gasteiger partial charge in [-0.2, -0.15) is 4.31 Å². The maximum atomic E-state index is 13.3. The predicted molar refractivity (Wildman–Crippen MR) is 132 cm³/mol. The zero-order valence-corrected chi connectivity index (χ0v) is 19.6. The van der Waals surface area contributed by atoms with Crippen LogP contribution in [0.2, 0.25) is 0 Å². The smallest absolute Gasteiger partial charge is 0.238 e. The van der Waals surface area contributed by atoms with Crippen molar-refractivity contribution in [2.45, 2.75) is 13.1 Å². The van der Waals surface area contributed by atoms with Crippen LogP contribution in [0.1, 0.15) is 16.8 Å². The first kappa shape index (κ1) is 24.2. The number of rotatable bonds is 11. The van der Waals surface area contributed by atoms with Crippen molar-refractivity contribution in [2.75, 3.05) is 13.1 Å². The van der Waals surface area contributed by atoms with E-state index in [0.717, 1.165) is 26.5 Å². The van der Waals surface area contributed by atoms with Gasteiger partial charge < -0.3 is 9.47 Å². The summed E-state index contributed by atoms with van der Waals surface area (Å²) >= 11 is 0. The van der Waals surface area contributed by atoms with E-state index in [0.29, 0.717) is 13.1 Å². The zero-order valence-electron chi connectivity index (χ0n) is 18.7. The number of benzene rings is 2. The van der Waals surface area contributed by atoms with Crippen molar-refractivity contribution in [1.29, 1.82) is 0 Å². The summed E-state index contributed by atoms with van der Waals surface area (Å²) in [5.41, 5.74) is 2.70. The Balaban J connectivity index is 1.81. The lowest BCUT2D eigenvalue weighted by molar-refractivity contribution is -0.132. The van der Waals surface area contributed by atoms with Crippen molar-refractivity contribution in [3.05, 3.63) is 114 Å². The highest BCUT2D eigenvalue weighted by Crippen LogP contribution is 2.14. The summed E-state index contributed by atoms with van der Waals surface area (Å²) in [6.45, 7) is 4.19. The fourth-order valence-electron chi connectivity index (χ4n) is 3.36. The first-order chi connectivity index (χ1) is 15.9. The lowest BCUT2D eigenvalue weighted by Crippen LogP contribution is -2.42. The maximum absolute atomic E-state index is 13.3. The fraction of sp³-hybridized carbons (Fsp3) is 0.192. The number of aromatic nitrogens is 1. The van der Waals surface area contributed by atoms with Gasteiger partial charge in [0.25, 0.3) is 0 Å². The lowest BCUT2D eigenvalue weighted by Gasteiger charge is -2.26. The van der Waals surface area contributed by atoms with Gasteiger partial charge >= 0.3 is 0 Å². The normalized spacial score (nSPS) is 11.7. The number of carbonyl (C=O) groups excluding carboxylic acids is 1. The molecule has 0 radical (unpaired) electrons. The Morgan fingerprint density at radius 2 is 1.64 bits per heavy atom. The number of sulfonamides is 1. The van der Waals surface area contributed by atoms with Crippen LogP contribution < -0.4 is 0 Å². The van der Waals surface area contributed by atoms with Gasteiger partial charge in [-0.15, -0.1) is 6.58 Å². The van der Waals surface area contributed by atoms with E-state index in [2.05, 4.69) is 6.58 Å². The van der Waals surface area contributed by atoms with Crippen LogP contribution in [0.25, 0.3) is 6.08 Å². The molecule has 2 aromatic carbocycles. The standard InChI is InChI=1S/C26H29N3O3S/c1-3-17-29(33(31,32)19-16-23-11-6-4-7-12-23)22-26(30)28(20-24-13-8-5-9-14-24)21-25-15-10-18-27(25)2/h3-16,18-19H,1,17,20-22H2,2H3. The third-order valence-electron chi connectivity index (χ3n) is 5.21. The minimum Gasteiger partial charge on any atom is -0.353 e. The van der Waals surface area contributed by atoms with Crippen molar-refractivity contribution in [2.24, 2.45) is 7.05 Å². The second kappa shape index (κ2) is 11.4. The van der Waals surface area contributed by atoms with Gasteiger partial charge in [-0.25, -0.2) is 8.42 Å². The van der Waals surface area contributed by atoms with E-state index < -0.39 is 10.0 Å². The van der Waals surface area contributed by atoms with Crippen LogP contribution >= 0.6 is 0 Å². The highest BCUT2D eigenvalue weighted by atomic mass is 32.2. The van der Waals surface area contributed by atoms with Crippen molar-refractivity contribution in [3.8, 4) is 0 Å². The molecule has 0 aliphatic carbocycles. The van der Waals surface area contributed by atoms with E-state index in [-0.39, 0.29) is 19.0 Å². The highest BCUT2D eigenvalue weighted by molar-refractivity contribution is 7.92. The van der Waals surface area contributed by atoms with E-state index in [1.165, 1.54) is 12.2 Å². The second-order valence-electron chi connectivity index (χ2n) is 7.69. The predicted octanol–water partition coefficient (Wildman–Crippen LogP) is 4.04. The number of carbonyl (C=O) groups is 1. The van der Waals surface area contributed by atoms with Crippen molar-refractivity contribution < 1.29 is 13.2 Å². The van der Waals surface area contributed by atoms with Crippen molar-refractivity contribution in [3.63, 3.8) is 0 Å². The van der Waals surface area contributed by atoms with Gasteiger partial charge in [0.2, 0.25) is 15.9 Å².